The number of rotatable bonds is 1. The van der Waals surface area contributed by atoms with Crippen molar-refractivity contribution in [1.82, 2.24) is 5.32 Å². The molecule has 1 aliphatic rings. The van der Waals surface area contributed by atoms with Crippen LogP contribution in [0.15, 0.2) is 18.2 Å². The number of nitrogens with one attached hydrogen (secondary N) is 1. The lowest BCUT2D eigenvalue weighted by Crippen LogP contribution is -2.33. The van der Waals surface area contributed by atoms with Gasteiger partial charge in [-0.05, 0) is 42.1 Å². The highest BCUT2D eigenvalue weighted by molar-refractivity contribution is 5.33. The minimum Gasteiger partial charge on any atom is -0.309 e. The Morgan fingerprint density at radius 1 is 1.43 bits per heavy atom. The van der Waals surface area contributed by atoms with Crippen LogP contribution in [0, 0.1) is 11.7 Å². The lowest BCUT2D eigenvalue weighted by Gasteiger charge is -2.29. The van der Waals surface area contributed by atoms with Crippen LogP contribution in [-0.2, 0) is 6.42 Å². The Bertz CT molecular complexity index is 333. The van der Waals surface area contributed by atoms with Crippen molar-refractivity contribution in [3.63, 3.8) is 0 Å². The van der Waals surface area contributed by atoms with Crippen LogP contribution in [0.5, 0.6) is 0 Å². The van der Waals surface area contributed by atoms with Gasteiger partial charge in [0.05, 0.1) is 0 Å². The molecule has 1 aromatic carbocycles. The molecule has 0 amide bonds. The van der Waals surface area contributed by atoms with Crippen molar-refractivity contribution >= 4 is 0 Å². The molecule has 76 valence electrons. The molecule has 0 saturated heterocycles. The fourth-order valence-corrected chi connectivity index (χ4v) is 2.15. The Morgan fingerprint density at radius 2 is 2.21 bits per heavy atom. The van der Waals surface area contributed by atoms with Gasteiger partial charge in [-0.1, -0.05) is 19.9 Å². The van der Waals surface area contributed by atoms with E-state index < -0.39 is 0 Å². The summed E-state index contributed by atoms with van der Waals surface area (Å²) >= 11 is 0. The van der Waals surface area contributed by atoms with Gasteiger partial charge in [-0.25, -0.2) is 4.39 Å². The van der Waals surface area contributed by atoms with Gasteiger partial charge in [-0.3, -0.25) is 0 Å². The van der Waals surface area contributed by atoms with Crippen molar-refractivity contribution in [1.29, 1.82) is 0 Å². The Labute approximate surface area is 84.3 Å². The molecule has 1 aliphatic heterocycles. The van der Waals surface area contributed by atoms with E-state index in [0.29, 0.717) is 12.0 Å². The summed E-state index contributed by atoms with van der Waals surface area (Å²) in [4.78, 5) is 0. The van der Waals surface area contributed by atoms with E-state index in [1.54, 1.807) is 12.1 Å². The third-order valence-electron chi connectivity index (χ3n) is 2.87. The molecule has 0 fully saturated rings. The second-order valence-corrected chi connectivity index (χ2v) is 4.27. The average molecular weight is 193 g/mol. The molecule has 1 unspecified atom stereocenters. The van der Waals surface area contributed by atoms with Gasteiger partial charge >= 0.3 is 0 Å². The number of hydrogen-bond acceptors (Lipinski definition) is 1. The summed E-state index contributed by atoms with van der Waals surface area (Å²) < 4.78 is 13.1. The van der Waals surface area contributed by atoms with Crippen LogP contribution in [-0.4, -0.2) is 6.54 Å². The molecule has 2 rings (SSSR count). The summed E-state index contributed by atoms with van der Waals surface area (Å²) in [6, 6.07) is 5.46. The van der Waals surface area contributed by atoms with Crippen molar-refractivity contribution in [3.8, 4) is 0 Å². The predicted octanol–water partition coefficient (Wildman–Crippen LogP) is 2.67. The van der Waals surface area contributed by atoms with E-state index >= 15 is 0 Å². The number of hydrogen-bond donors (Lipinski definition) is 1. The van der Waals surface area contributed by atoms with Crippen molar-refractivity contribution in [2.75, 3.05) is 6.54 Å². The first-order valence-corrected chi connectivity index (χ1v) is 5.20. The summed E-state index contributed by atoms with van der Waals surface area (Å²) in [7, 11) is 0. The molecule has 0 saturated carbocycles. The van der Waals surface area contributed by atoms with Gasteiger partial charge in [0.2, 0.25) is 0 Å². The summed E-state index contributed by atoms with van der Waals surface area (Å²) in [5, 5.41) is 3.44. The maximum atomic E-state index is 13.1. The smallest absolute Gasteiger partial charge is 0.123 e. The summed E-state index contributed by atoms with van der Waals surface area (Å²) in [5.41, 5.74) is 2.44. The minimum absolute atomic E-state index is 0.127. The fraction of sp³-hybridized carbons (Fsp3) is 0.500. The van der Waals surface area contributed by atoms with E-state index in [0.717, 1.165) is 18.5 Å². The predicted molar refractivity (Wildman–Crippen MR) is 55.7 cm³/mol. The molecule has 1 aromatic rings. The van der Waals surface area contributed by atoms with Crippen LogP contribution in [0.2, 0.25) is 0 Å². The van der Waals surface area contributed by atoms with Gasteiger partial charge in [-0.2, -0.15) is 0 Å². The lowest BCUT2D eigenvalue weighted by atomic mass is 9.88. The average Bonchev–Trinajstić information content (AvgIpc) is 2.16. The molecule has 1 atom stereocenters. The number of fused-ring (bicyclic) bond motifs is 1. The molecule has 0 aliphatic carbocycles. The van der Waals surface area contributed by atoms with Crippen LogP contribution in [0.4, 0.5) is 4.39 Å². The molecule has 1 heterocycles. The van der Waals surface area contributed by atoms with Crippen LogP contribution in [0.3, 0.4) is 0 Å². The van der Waals surface area contributed by atoms with Crippen LogP contribution in [0.1, 0.15) is 31.0 Å². The summed E-state index contributed by atoms with van der Waals surface area (Å²) in [6.45, 7) is 5.33. The molecule has 14 heavy (non-hydrogen) atoms. The highest BCUT2D eigenvalue weighted by Gasteiger charge is 2.22. The number of halogens is 1. The van der Waals surface area contributed by atoms with Gasteiger partial charge in [0.25, 0.3) is 0 Å². The Morgan fingerprint density at radius 3 is 2.93 bits per heavy atom. The second-order valence-electron chi connectivity index (χ2n) is 4.27. The van der Waals surface area contributed by atoms with Crippen LogP contribution in [0.25, 0.3) is 0 Å². The van der Waals surface area contributed by atoms with Gasteiger partial charge in [-0.15, -0.1) is 0 Å². The highest BCUT2D eigenvalue weighted by atomic mass is 19.1. The zero-order valence-electron chi connectivity index (χ0n) is 8.68. The number of benzene rings is 1. The van der Waals surface area contributed by atoms with Crippen molar-refractivity contribution in [3.05, 3.63) is 35.1 Å². The van der Waals surface area contributed by atoms with Crippen LogP contribution < -0.4 is 5.32 Å². The molecule has 0 aromatic heterocycles. The van der Waals surface area contributed by atoms with E-state index in [9.17, 15) is 4.39 Å². The Hall–Kier alpha value is -0.890. The molecular formula is C12H16FN. The molecule has 0 bridgehead atoms. The molecule has 1 nitrogen and oxygen atoms in total. The first-order chi connectivity index (χ1) is 6.68. The molecular weight excluding hydrogens is 177 g/mol. The highest BCUT2D eigenvalue weighted by Crippen LogP contribution is 2.28. The van der Waals surface area contributed by atoms with Gasteiger partial charge in [0.1, 0.15) is 5.82 Å². The first-order valence-electron chi connectivity index (χ1n) is 5.20. The SMILES string of the molecule is CC(C)C1NCCc2ccc(F)cc21. The summed E-state index contributed by atoms with van der Waals surface area (Å²) in [5.74, 6) is 0.383. The van der Waals surface area contributed by atoms with Crippen molar-refractivity contribution in [2.24, 2.45) is 5.92 Å². The standard InChI is InChI=1S/C12H16FN/c1-8(2)12-11-7-10(13)4-3-9(11)5-6-14-12/h3-4,7-8,12,14H,5-6H2,1-2H3. The Kier molecular flexibility index (Phi) is 2.55. The normalized spacial score (nSPS) is 21.0. The van der Waals surface area contributed by atoms with Crippen molar-refractivity contribution < 1.29 is 4.39 Å². The maximum absolute atomic E-state index is 13.1. The van der Waals surface area contributed by atoms with E-state index in [4.69, 9.17) is 0 Å². The third-order valence-corrected chi connectivity index (χ3v) is 2.87. The maximum Gasteiger partial charge on any atom is 0.123 e. The van der Waals surface area contributed by atoms with Crippen LogP contribution >= 0.6 is 0 Å². The monoisotopic (exact) mass is 193 g/mol. The summed E-state index contributed by atoms with van der Waals surface area (Å²) in [6.07, 6.45) is 1.01. The van der Waals surface area contributed by atoms with E-state index in [1.807, 2.05) is 6.07 Å². The molecule has 0 spiro atoms. The second kappa shape index (κ2) is 3.70. The zero-order valence-corrected chi connectivity index (χ0v) is 8.68. The largest absolute Gasteiger partial charge is 0.309 e. The van der Waals surface area contributed by atoms with E-state index in [1.165, 1.54) is 5.56 Å². The molecule has 1 N–H and O–H groups in total. The van der Waals surface area contributed by atoms with Gasteiger partial charge in [0, 0.05) is 6.04 Å². The lowest BCUT2D eigenvalue weighted by molar-refractivity contribution is 0.393. The minimum atomic E-state index is -0.127. The van der Waals surface area contributed by atoms with Gasteiger partial charge < -0.3 is 5.32 Å². The van der Waals surface area contributed by atoms with Gasteiger partial charge in [0.15, 0.2) is 0 Å². The third kappa shape index (κ3) is 1.67. The quantitative estimate of drug-likeness (QED) is 0.723. The Balaban J connectivity index is 2.41. The topological polar surface area (TPSA) is 12.0 Å². The van der Waals surface area contributed by atoms with E-state index in [2.05, 4.69) is 19.2 Å². The molecule has 2 heteroatoms. The first kappa shape index (κ1) is 9.66. The van der Waals surface area contributed by atoms with Crippen molar-refractivity contribution in [2.45, 2.75) is 26.3 Å². The fourth-order valence-electron chi connectivity index (χ4n) is 2.15. The zero-order chi connectivity index (χ0) is 10.1. The van der Waals surface area contributed by atoms with E-state index in [-0.39, 0.29) is 5.82 Å². The molecule has 0 radical (unpaired) electrons.